The first-order valence-corrected chi connectivity index (χ1v) is 41.4. The maximum atomic E-state index is 13.1. The maximum Gasteiger partial charge on any atom is 0.472 e. The molecular weight excluding hydrogens is 1310 g/mol. The molecule has 0 heterocycles. The van der Waals surface area contributed by atoms with Gasteiger partial charge in [-0.15, -0.1) is 0 Å². The Morgan fingerprint density at radius 3 is 0.900 bits per heavy atom. The molecule has 0 aromatic rings. The first-order chi connectivity index (χ1) is 48.7. The fraction of sp³-hybridized carbons (Fsp3) is 0.679. The summed E-state index contributed by atoms with van der Waals surface area (Å²) in [5.74, 6) is -2.36. The Kier molecular flexibility index (Phi) is 69.1. The number of ether oxygens (including phenoxy) is 4. The molecule has 0 aromatic heterocycles. The SMILES string of the molecule is CC/C=C\C/C=C\C/C=C\C/C=C\C/C=C\CC(=O)OC(COC(=O)CCCCCCCC/C=C\C/C=C\C/C=C\C/C=C\CC)COP(=O)(O)OCC(O)COP(=O)(O)OCC(COC(=O)CCCCCCC/C=C\CCCCCC)OC(=O)CCCCCCC/C=C\CCCCCC. The van der Waals surface area contributed by atoms with E-state index in [1.807, 2.05) is 12.2 Å². The molecule has 0 aliphatic heterocycles. The molecule has 0 bridgehead atoms. The number of carbonyl (C=O) groups is 4. The Balaban J connectivity index is 5.43. The van der Waals surface area contributed by atoms with Crippen LogP contribution in [0.2, 0.25) is 0 Å². The third-order valence-electron chi connectivity index (χ3n) is 15.6. The zero-order chi connectivity index (χ0) is 73.2. The van der Waals surface area contributed by atoms with Crippen molar-refractivity contribution < 1.29 is 80.2 Å². The Morgan fingerprint density at radius 2 is 0.560 bits per heavy atom. The summed E-state index contributed by atoms with van der Waals surface area (Å²) in [6, 6.07) is 0. The number of esters is 4. The van der Waals surface area contributed by atoms with Crippen LogP contribution in [0.4, 0.5) is 0 Å². The van der Waals surface area contributed by atoms with E-state index in [4.69, 9.17) is 37.0 Å². The lowest BCUT2D eigenvalue weighted by molar-refractivity contribution is -0.161. The Labute approximate surface area is 605 Å². The predicted molar refractivity (Wildman–Crippen MR) is 408 cm³/mol. The van der Waals surface area contributed by atoms with Gasteiger partial charge in [-0.25, -0.2) is 9.13 Å². The first-order valence-electron chi connectivity index (χ1n) is 38.4. The molecule has 5 unspecified atom stereocenters. The largest absolute Gasteiger partial charge is 0.472 e. The molecule has 0 saturated heterocycles. The van der Waals surface area contributed by atoms with E-state index in [0.29, 0.717) is 25.7 Å². The minimum Gasteiger partial charge on any atom is -0.462 e. The van der Waals surface area contributed by atoms with Crippen molar-refractivity contribution in [3.8, 4) is 0 Å². The summed E-state index contributed by atoms with van der Waals surface area (Å²) in [5, 5.41) is 10.6. The second-order valence-electron chi connectivity index (χ2n) is 25.2. The van der Waals surface area contributed by atoms with Crippen LogP contribution in [0, 0.1) is 0 Å². The molecule has 0 spiro atoms. The lowest BCUT2D eigenvalue weighted by Crippen LogP contribution is -2.30. The molecule has 0 aromatic carbocycles. The van der Waals surface area contributed by atoms with Crippen LogP contribution >= 0.6 is 15.6 Å². The van der Waals surface area contributed by atoms with E-state index < -0.39 is 97.5 Å². The summed E-state index contributed by atoms with van der Waals surface area (Å²) in [5.41, 5.74) is 0. The fourth-order valence-electron chi connectivity index (χ4n) is 9.80. The van der Waals surface area contributed by atoms with Crippen molar-refractivity contribution in [1.29, 1.82) is 0 Å². The molecule has 3 N–H and O–H groups in total. The van der Waals surface area contributed by atoms with Crippen molar-refractivity contribution in [1.82, 2.24) is 0 Å². The van der Waals surface area contributed by atoms with Crippen LogP contribution in [0.5, 0.6) is 0 Å². The highest BCUT2D eigenvalue weighted by Gasteiger charge is 2.30. The lowest BCUT2D eigenvalue weighted by atomic mass is 10.1. The molecule has 0 saturated carbocycles. The highest BCUT2D eigenvalue weighted by atomic mass is 31.2. The number of hydrogen-bond acceptors (Lipinski definition) is 15. The number of phosphoric ester groups is 2. The molecule has 5 atom stereocenters. The van der Waals surface area contributed by atoms with Crippen LogP contribution in [0.15, 0.2) is 134 Å². The molecule has 0 aliphatic rings. The second kappa shape index (κ2) is 72.5. The van der Waals surface area contributed by atoms with Gasteiger partial charge in [-0.2, -0.15) is 0 Å². The number of aliphatic hydroxyl groups is 1. The van der Waals surface area contributed by atoms with Gasteiger partial charge in [0.25, 0.3) is 0 Å². The Hall–Kier alpha value is -4.80. The van der Waals surface area contributed by atoms with Gasteiger partial charge in [-0.3, -0.25) is 37.3 Å². The van der Waals surface area contributed by atoms with Gasteiger partial charge in [0.1, 0.15) is 19.3 Å². The Morgan fingerprint density at radius 1 is 0.300 bits per heavy atom. The van der Waals surface area contributed by atoms with Gasteiger partial charge in [0.05, 0.1) is 32.8 Å². The number of hydrogen-bond donors (Lipinski definition) is 3. The number of aliphatic hydroxyl groups excluding tert-OH is 1. The first kappa shape index (κ1) is 95.2. The molecule has 572 valence electrons. The molecule has 0 radical (unpaired) electrons. The van der Waals surface area contributed by atoms with Crippen molar-refractivity contribution in [2.45, 2.75) is 316 Å². The zero-order valence-electron chi connectivity index (χ0n) is 62.3. The summed E-state index contributed by atoms with van der Waals surface area (Å²) in [7, 11) is -9.99. The van der Waals surface area contributed by atoms with Gasteiger partial charge in [0.15, 0.2) is 12.2 Å². The van der Waals surface area contributed by atoms with Crippen LogP contribution < -0.4 is 0 Å². The number of rotatable bonds is 71. The molecule has 0 rings (SSSR count). The minimum atomic E-state index is -5.01. The normalized spacial score (nSPS) is 14.7. The van der Waals surface area contributed by atoms with Gasteiger partial charge >= 0.3 is 39.5 Å². The Bertz CT molecular complexity index is 2420. The van der Waals surface area contributed by atoms with Gasteiger partial charge in [0, 0.05) is 19.3 Å². The maximum absolute atomic E-state index is 13.1. The molecular formula is C81H136O17P2. The average molecular weight is 1440 g/mol. The fourth-order valence-corrected chi connectivity index (χ4v) is 11.4. The van der Waals surface area contributed by atoms with Gasteiger partial charge in [0.2, 0.25) is 0 Å². The smallest absolute Gasteiger partial charge is 0.462 e. The van der Waals surface area contributed by atoms with Crippen molar-refractivity contribution in [2.24, 2.45) is 0 Å². The minimum absolute atomic E-state index is 0.0791. The molecule has 0 aliphatic carbocycles. The zero-order valence-corrected chi connectivity index (χ0v) is 64.1. The van der Waals surface area contributed by atoms with E-state index >= 15 is 0 Å². The number of phosphoric acid groups is 2. The summed E-state index contributed by atoms with van der Waals surface area (Å²) in [6.07, 6.45) is 80.4. The van der Waals surface area contributed by atoms with Gasteiger partial charge < -0.3 is 33.8 Å². The molecule has 17 nitrogen and oxygen atoms in total. The van der Waals surface area contributed by atoms with Crippen LogP contribution in [-0.2, 0) is 65.4 Å². The van der Waals surface area contributed by atoms with E-state index in [1.165, 1.54) is 51.4 Å². The number of allylic oxidation sites excluding steroid dienone is 21. The van der Waals surface area contributed by atoms with Crippen molar-refractivity contribution in [2.75, 3.05) is 39.6 Å². The predicted octanol–water partition coefficient (Wildman–Crippen LogP) is 22.1. The summed E-state index contributed by atoms with van der Waals surface area (Å²) >= 11 is 0. The van der Waals surface area contributed by atoms with Crippen molar-refractivity contribution in [3.05, 3.63) is 134 Å². The molecule has 0 amide bonds. The van der Waals surface area contributed by atoms with E-state index in [1.54, 1.807) is 12.2 Å². The molecule has 100 heavy (non-hydrogen) atoms. The summed E-state index contributed by atoms with van der Waals surface area (Å²) in [6.45, 7) is 4.46. The molecule has 19 heteroatoms. The lowest BCUT2D eigenvalue weighted by Gasteiger charge is -2.21. The number of unbranched alkanes of at least 4 members (excludes halogenated alkanes) is 24. The standard InChI is InChI=1S/C81H136O17P2/c1-5-9-13-17-21-25-29-33-35-36-37-38-40-43-46-50-54-58-62-66-79(84)92-72-77(98-81(86)68-64-60-56-52-48-44-39-34-30-26-22-18-14-10-6-2)74-96-100(89,90)94-70-75(82)69-93-99(87,88)95-73-76(97-80(85)67-63-59-55-51-47-42-32-28-24-20-16-12-8-4)71-91-78(83)65-61-57-53-49-45-41-31-27-23-19-15-11-7-3/h9-10,13-14,21-22,25-28,31-35,37-39,48,52,60,64,75-77,82H,5-8,11-12,15-20,23-24,29-30,36,40-47,49-51,53-59,61-63,65-74H2,1-4H3,(H,87,88)(H,89,90)/b13-9-,14-10-,25-21-,26-22-,31-27-,32-28-,35-33-,38-37-,39-34-,52-48-,64-60-. The van der Waals surface area contributed by atoms with Crippen molar-refractivity contribution >= 4 is 39.5 Å². The second-order valence-corrected chi connectivity index (χ2v) is 28.1. The van der Waals surface area contributed by atoms with E-state index in [0.717, 1.165) is 167 Å². The average Bonchev–Trinajstić information content (AvgIpc) is 0.946. The third-order valence-corrected chi connectivity index (χ3v) is 17.5. The van der Waals surface area contributed by atoms with Crippen molar-refractivity contribution in [3.63, 3.8) is 0 Å². The van der Waals surface area contributed by atoms with Crippen LogP contribution in [0.1, 0.15) is 297 Å². The monoisotopic (exact) mass is 1440 g/mol. The molecule has 0 fully saturated rings. The highest BCUT2D eigenvalue weighted by molar-refractivity contribution is 7.47. The highest BCUT2D eigenvalue weighted by Crippen LogP contribution is 2.45. The van der Waals surface area contributed by atoms with Crippen LogP contribution in [-0.4, -0.2) is 96.7 Å². The third kappa shape index (κ3) is 71.6. The van der Waals surface area contributed by atoms with Crippen LogP contribution in [0.3, 0.4) is 0 Å². The van der Waals surface area contributed by atoms with Gasteiger partial charge in [-0.1, -0.05) is 264 Å². The van der Waals surface area contributed by atoms with Gasteiger partial charge in [-0.05, 0) is 141 Å². The quantitative estimate of drug-likeness (QED) is 0.0169. The van der Waals surface area contributed by atoms with Crippen LogP contribution in [0.25, 0.3) is 0 Å². The van der Waals surface area contributed by atoms with E-state index in [-0.39, 0.29) is 25.7 Å². The van der Waals surface area contributed by atoms with E-state index in [2.05, 4.69) is 137 Å². The summed E-state index contributed by atoms with van der Waals surface area (Å²) < 4.78 is 68.3. The van der Waals surface area contributed by atoms with E-state index in [9.17, 15) is 43.2 Å². The number of carbonyl (C=O) groups excluding carboxylic acids is 4. The topological polar surface area (TPSA) is 237 Å². The summed E-state index contributed by atoms with van der Waals surface area (Å²) in [4.78, 5) is 72.8.